The van der Waals surface area contributed by atoms with E-state index in [2.05, 4.69) is 9.97 Å². The number of aromatic nitrogens is 2. The molecule has 0 aliphatic rings. The lowest BCUT2D eigenvalue weighted by molar-refractivity contribution is 0.215. The predicted octanol–water partition coefficient (Wildman–Crippen LogP) is 1.30. The Morgan fingerprint density at radius 3 is 2.53 bits per heavy atom. The van der Waals surface area contributed by atoms with E-state index in [1.54, 1.807) is 6.20 Å². The molecule has 0 atom stereocenters. The van der Waals surface area contributed by atoms with Crippen molar-refractivity contribution < 1.29 is 5.11 Å². The highest BCUT2D eigenvalue weighted by molar-refractivity contribution is 5.45. The number of hydrogen-bond donors (Lipinski definition) is 1. The molecule has 0 bridgehead atoms. The van der Waals surface area contributed by atoms with E-state index < -0.39 is 0 Å². The molecule has 0 aromatic carbocycles. The quantitative estimate of drug-likeness (QED) is 0.815. The van der Waals surface area contributed by atoms with Gasteiger partial charge in [0.25, 0.3) is 0 Å². The molecule has 4 nitrogen and oxygen atoms in total. The molecule has 4 heteroatoms. The zero-order chi connectivity index (χ0) is 11.6. The Bertz CT molecular complexity index is 350. The van der Waals surface area contributed by atoms with Crippen LogP contribution in [0.3, 0.4) is 0 Å². The van der Waals surface area contributed by atoms with Gasteiger partial charge < -0.3 is 10.0 Å². The van der Waals surface area contributed by atoms with Gasteiger partial charge in [-0.25, -0.2) is 4.98 Å². The van der Waals surface area contributed by atoms with Gasteiger partial charge in [0.05, 0.1) is 23.5 Å². The van der Waals surface area contributed by atoms with Crippen LogP contribution in [0.4, 0.5) is 5.82 Å². The van der Waals surface area contributed by atoms with Gasteiger partial charge in [-0.3, -0.25) is 4.98 Å². The Hall–Kier alpha value is -1.16. The van der Waals surface area contributed by atoms with Gasteiger partial charge in [0, 0.05) is 13.2 Å². The third-order valence-corrected chi connectivity index (χ3v) is 2.66. The van der Waals surface area contributed by atoms with Crippen LogP contribution in [0.2, 0.25) is 0 Å². The number of rotatable bonds is 3. The Morgan fingerprint density at radius 1 is 1.40 bits per heavy atom. The average molecular weight is 209 g/mol. The predicted molar refractivity (Wildman–Crippen MR) is 61.1 cm³/mol. The topological polar surface area (TPSA) is 49.2 Å². The molecule has 0 unspecified atom stereocenters. The fraction of sp³-hybridized carbons (Fsp3) is 0.636. The average Bonchev–Trinajstić information content (AvgIpc) is 2.20. The van der Waals surface area contributed by atoms with Crippen molar-refractivity contribution in [1.82, 2.24) is 9.97 Å². The minimum atomic E-state index is -0.326. The monoisotopic (exact) mass is 209 g/mol. The number of nitrogens with zero attached hydrogens (tertiary/aromatic N) is 3. The van der Waals surface area contributed by atoms with Crippen molar-refractivity contribution in [2.45, 2.75) is 33.2 Å². The molecular formula is C11H19N3O. The number of hydrogen-bond acceptors (Lipinski definition) is 4. The van der Waals surface area contributed by atoms with Crippen molar-refractivity contribution in [3.05, 3.63) is 17.6 Å². The smallest absolute Gasteiger partial charge is 0.150 e. The van der Waals surface area contributed by atoms with Crippen LogP contribution in [-0.2, 0) is 0 Å². The second-order valence-electron chi connectivity index (χ2n) is 4.45. The van der Waals surface area contributed by atoms with Crippen molar-refractivity contribution in [2.75, 3.05) is 18.6 Å². The number of aliphatic hydroxyl groups excluding tert-OH is 1. The van der Waals surface area contributed by atoms with Crippen LogP contribution in [-0.4, -0.2) is 34.3 Å². The molecule has 0 saturated carbocycles. The summed E-state index contributed by atoms with van der Waals surface area (Å²) in [6, 6.07) is 0. The van der Waals surface area contributed by atoms with Crippen LogP contribution in [0.1, 0.15) is 25.2 Å². The zero-order valence-electron chi connectivity index (χ0n) is 10.1. The molecule has 1 N–H and O–H groups in total. The summed E-state index contributed by atoms with van der Waals surface area (Å²) in [6.07, 6.45) is 1.75. The van der Waals surface area contributed by atoms with E-state index >= 15 is 0 Å². The van der Waals surface area contributed by atoms with E-state index in [4.69, 9.17) is 0 Å². The Balaban J connectivity index is 3.10. The van der Waals surface area contributed by atoms with E-state index in [9.17, 15) is 5.11 Å². The van der Waals surface area contributed by atoms with Crippen LogP contribution in [0.15, 0.2) is 6.20 Å². The molecular weight excluding hydrogens is 190 g/mol. The number of likely N-dealkylation sites (N-methyl/N-ethyl adjacent to an activating group) is 1. The van der Waals surface area contributed by atoms with Gasteiger partial charge >= 0.3 is 0 Å². The molecule has 1 rings (SSSR count). The summed E-state index contributed by atoms with van der Waals surface area (Å²) >= 11 is 0. The number of anilines is 1. The highest BCUT2D eigenvalue weighted by atomic mass is 16.3. The first-order chi connectivity index (χ1) is 6.88. The number of aliphatic hydroxyl groups is 1. The maximum absolute atomic E-state index is 9.30. The van der Waals surface area contributed by atoms with Gasteiger partial charge in [-0.05, 0) is 27.7 Å². The molecule has 0 amide bonds. The van der Waals surface area contributed by atoms with Gasteiger partial charge in [0.2, 0.25) is 0 Å². The summed E-state index contributed by atoms with van der Waals surface area (Å²) in [5, 5.41) is 9.30. The summed E-state index contributed by atoms with van der Waals surface area (Å²) in [5.74, 6) is 0.828. The summed E-state index contributed by atoms with van der Waals surface area (Å²) in [4.78, 5) is 10.7. The summed E-state index contributed by atoms with van der Waals surface area (Å²) in [5.41, 5.74) is 1.44. The second kappa shape index (κ2) is 4.14. The van der Waals surface area contributed by atoms with Crippen molar-refractivity contribution in [3.63, 3.8) is 0 Å². The highest BCUT2D eigenvalue weighted by Crippen LogP contribution is 2.22. The van der Waals surface area contributed by atoms with Crippen molar-refractivity contribution in [1.29, 1.82) is 0 Å². The van der Waals surface area contributed by atoms with E-state index in [0.29, 0.717) is 0 Å². The highest BCUT2D eigenvalue weighted by Gasteiger charge is 2.25. The molecule has 1 aromatic heterocycles. The normalized spacial score (nSPS) is 11.6. The van der Waals surface area contributed by atoms with Crippen LogP contribution in [0.25, 0.3) is 0 Å². The lowest BCUT2D eigenvalue weighted by Gasteiger charge is -2.35. The molecule has 0 radical (unpaired) electrons. The first kappa shape index (κ1) is 11.9. The Kier molecular flexibility index (Phi) is 3.29. The Labute approximate surface area is 91.0 Å². The van der Waals surface area contributed by atoms with Crippen LogP contribution < -0.4 is 4.90 Å². The maximum Gasteiger partial charge on any atom is 0.150 e. The van der Waals surface area contributed by atoms with Crippen LogP contribution in [0.5, 0.6) is 0 Å². The van der Waals surface area contributed by atoms with Crippen molar-refractivity contribution in [3.8, 4) is 0 Å². The lowest BCUT2D eigenvalue weighted by Crippen LogP contribution is -2.45. The van der Waals surface area contributed by atoms with Gasteiger partial charge in [-0.15, -0.1) is 0 Å². The fourth-order valence-corrected chi connectivity index (χ4v) is 1.24. The number of aryl methyl sites for hydroxylation is 2. The molecule has 1 aromatic rings. The van der Waals surface area contributed by atoms with Crippen molar-refractivity contribution in [2.24, 2.45) is 0 Å². The zero-order valence-corrected chi connectivity index (χ0v) is 10.1. The van der Waals surface area contributed by atoms with E-state index in [0.717, 1.165) is 17.2 Å². The minimum Gasteiger partial charge on any atom is -0.394 e. The van der Waals surface area contributed by atoms with E-state index in [1.165, 1.54) is 0 Å². The van der Waals surface area contributed by atoms with Gasteiger partial charge in [-0.2, -0.15) is 0 Å². The first-order valence-corrected chi connectivity index (χ1v) is 5.03. The Morgan fingerprint density at radius 2 is 2.00 bits per heavy atom. The SMILES string of the molecule is Cc1cnc(C)c(N(C)C(C)(C)CO)n1. The first-order valence-electron chi connectivity index (χ1n) is 5.03. The minimum absolute atomic E-state index is 0.0819. The fourth-order valence-electron chi connectivity index (χ4n) is 1.24. The molecule has 84 valence electrons. The van der Waals surface area contributed by atoms with E-state index in [-0.39, 0.29) is 12.1 Å². The molecule has 15 heavy (non-hydrogen) atoms. The molecule has 0 aliphatic heterocycles. The van der Waals surface area contributed by atoms with E-state index in [1.807, 2.05) is 39.6 Å². The summed E-state index contributed by atoms with van der Waals surface area (Å²) < 4.78 is 0. The standard InChI is InChI=1S/C11H19N3O/c1-8-6-12-9(2)10(13-8)14(5)11(3,4)7-15/h6,15H,7H2,1-5H3. The molecule has 0 saturated heterocycles. The largest absolute Gasteiger partial charge is 0.394 e. The van der Waals surface area contributed by atoms with Gasteiger partial charge in [-0.1, -0.05) is 0 Å². The molecule has 0 spiro atoms. The summed E-state index contributed by atoms with van der Waals surface area (Å²) in [6.45, 7) is 7.85. The van der Waals surface area contributed by atoms with Crippen LogP contribution >= 0.6 is 0 Å². The van der Waals surface area contributed by atoms with Gasteiger partial charge in [0.1, 0.15) is 0 Å². The van der Waals surface area contributed by atoms with Gasteiger partial charge in [0.15, 0.2) is 5.82 Å². The summed E-state index contributed by atoms with van der Waals surface area (Å²) in [7, 11) is 1.92. The van der Waals surface area contributed by atoms with Crippen LogP contribution in [0, 0.1) is 13.8 Å². The second-order valence-corrected chi connectivity index (χ2v) is 4.45. The maximum atomic E-state index is 9.30. The molecule has 1 heterocycles. The lowest BCUT2D eigenvalue weighted by atomic mass is 10.1. The third kappa shape index (κ3) is 2.45. The van der Waals surface area contributed by atoms with Crippen molar-refractivity contribution >= 4 is 5.82 Å². The molecule has 0 fully saturated rings. The third-order valence-electron chi connectivity index (χ3n) is 2.66. The molecule has 0 aliphatic carbocycles.